The standard InChI is InChI=1S/C22H21N3O2S/c26-18-10-8-17(9-11-18)24-13-15-25(16-14-24)22(27)20-7-4-12-23-21(20)28-19-5-2-1-3-6-19/h1-12,26H,13-16H2. The molecule has 0 spiro atoms. The molecule has 6 heteroatoms. The fourth-order valence-corrected chi connectivity index (χ4v) is 4.13. The fraction of sp³-hybridized carbons (Fsp3) is 0.182. The summed E-state index contributed by atoms with van der Waals surface area (Å²) < 4.78 is 0. The Bertz CT molecular complexity index is 940. The maximum Gasteiger partial charge on any atom is 0.256 e. The first-order valence-electron chi connectivity index (χ1n) is 9.22. The fourth-order valence-electron chi connectivity index (χ4n) is 3.24. The Kier molecular flexibility index (Phi) is 5.48. The number of carbonyl (C=O) groups excluding carboxylic acids is 1. The minimum atomic E-state index is 0.0249. The SMILES string of the molecule is O=C(c1cccnc1Sc1ccccc1)N1CCN(c2ccc(O)cc2)CC1. The molecule has 1 fully saturated rings. The number of amides is 1. The summed E-state index contributed by atoms with van der Waals surface area (Å²) in [5.41, 5.74) is 1.71. The molecule has 1 aliphatic rings. The number of rotatable bonds is 4. The predicted octanol–water partition coefficient (Wildman–Crippen LogP) is 3.90. The average molecular weight is 391 g/mol. The lowest BCUT2D eigenvalue weighted by Gasteiger charge is -2.36. The van der Waals surface area contributed by atoms with Crippen molar-refractivity contribution in [1.82, 2.24) is 9.88 Å². The van der Waals surface area contributed by atoms with Crippen LogP contribution >= 0.6 is 11.8 Å². The van der Waals surface area contributed by atoms with E-state index in [4.69, 9.17) is 0 Å². The number of carbonyl (C=O) groups is 1. The van der Waals surface area contributed by atoms with Crippen LogP contribution in [-0.4, -0.2) is 47.1 Å². The van der Waals surface area contributed by atoms with E-state index in [0.29, 0.717) is 18.7 Å². The van der Waals surface area contributed by atoms with Crippen LogP contribution in [0.15, 0.2) is 82.8 Å². The average Bonchev–Trinajstić information content (AvgIpc) is 2.75. The van der Waals surface area contributed by atoms with Gasteiger partial charge in [-0.2, -0.15) is 0 Å². The number of nitrogens with zero attached hydrogens (tertiary/aromatic N) is 3. The number of hydrogen-bond donors (Lipinski definition) is 1. The molecule has 2 aromatic carbocycles. The first kappa shape index (κ1) is 18.4. The van der Waals surface area contributed by atoms with Crippen molar-refractivity contribution in [3.63, 3.8) is 0 Å². The second kappa shape index (κ2) is 8.35. The molecule has 5 nitrogen and oxygen atoms in total. The number of aromatic nitrogens is 1. The monoisotopic (exact) mass is 391 g/mol. The summed E-state index contributed by atoms with van der Waals surface area (Å²) in [7, 11) is 0. The van der Waals surface area contributed by atoms with Crippen molar-refractivity contribution < 1.29 is 9.90 Å². The number of pyridine rings is 1. The van der Waals surface area contributed by atoms with E-state index in [1.54, 1.807) is 18.3 Å². The maximum absolute atomic E-state index is 13.1. The third kappa shape index (κ3) is 4.12. The topological polar surface area (TPSA) is 56.7 Å². The van der Waals surface area contributed by atoms with E-state index in [1.165, 1.54) is 11.8 Å². The van der Waals surface area contributed by atoms with E-state index < -0.39 is 0 Å². The molecule has 28 heavy (non-hydrogen) atoms. The third-order valence-corrected chi connectivity index (χ3v) is 5.77. The zero-order valence-corrected chi connectivity index (χ0v) is 16.2. The van der Waals surface area contributed by atoms with Gasteiger partial charge in [-0.3, -0.25) is 4.79 Å². The van der Waals surface area contributed by atoms with Gasteiger partial charge in [-0.15, -0.1) is 0 Å². The summed E-state index contributed by atoms with van der Waals surface area (Å²) in [5, 5.41) is 10.2. The van der Waals surface area contributed by atoms with Crippen LogP contribution in [-0.2, 0) is 0 Å². The van der Waals surface area contributed by atoms with Gasteiger partial charge in [-0.05, 0) is 48.5 Å². The summed E-state index contributed by atoms with van der Waals surface area (Å²) in [6.07, 6.45) is 1.73. The highest BCUT2D eigenvalue weighted by Gasteiger charge is 2.24. The first-order chi connectivity index (χ1) is 13.7. The number of phenolic OH excluding ortho intramolecular Hbond substituents is 1. The van der Waals surface area contributed by atoms with Gasteiger partial charge in [-0.25, -0.2) is 4.98 Å². The number of phenols is 1. The summed E-state index contributed by atoms with van der Waals surface area (Å²) in [6.45, 7) is 2.84. The summed E-state index contributed by atoms with van der Waals surface area (Å²) >= 11 is 1.51. The molecule has 0 bridgehead atoms. The van der Waals surface area contributed by atoms with E-state index in [0.717, 1.165) is 28.7 Å². The van der Waals surface area contributed by atoms with Gasteiger partial charge < -0.3 is 14.9 Å². The van der Waals surface area contributed by atoms with Gasteiger partial charge in [0, 0.05) is 43.0 Å². The van der Waals surface area contributed by atoms with Crippen LogP contribution < -0.4 is 4.90 Å². The van der Waals surface area contributed by atoms with Gasteiger partial charge in [-0.1, -0.05) is 30.0 Å². The van der Waals surface area contributed by atoms with Crippen molar-refractivity contribution in [2.75, 3.05) is 31.1 Å². The third-order valence-electron chi connectivity index (χ3n) is 4.74. The molecule has 1 amide bonds. The van der Waals surface area contributed by atoms with E-state index in [1.807, 2.05) is 59.5 Å². The van der Waals surface area contributed by atoms with E-state index in [9.17, 15) is 9.90 Å². The van der Waals surface area contributed by atoms with Gasteiger partial charge in [0.15, 0.2) is 0 Å². The molecule has 0 aliphatic carbocycles. The molecule has 2 heterocycles. The highest BCUT2D eigenvalue weighted by Crippen LogP contribution is 2.29. The number of aromatic hydroxyl groups is 1. The van der Waals surface area contributed by atoms with Crippen LogP contribution in [0.4, 0.5) is 5.69 Å². The molecule has 0 atom stereocenters. The highest BCUT2D eigenvalue weighted by atomic mass is 32.2. The molecule has 1 aliphatic heterocycles. The van der Waals surface area contributed by atoms with E-state index in [-0.39, 0.29) is 11.7 Å². The molecule has 1 aromatic heterocycles. The Hall–Kier alpha value is -2.99. The van der Waals surface area contributed by atoms with Crippen molar-refractivity contribution in [2.24, 2.45) is 0 Å². The summed E-state index contributed by atoms with van der Waals surface area (Å²) in [4.78, 5) is 22.7. The Morgan fingerprint density at radius 2 is 1.61 bits per heavy atom. The molecule has 0 radical (unpaired) electrons. The maximum atomic E-state index is 13.1. The highest BCUT2D eigenvalue weighted by molar-refractivity contribution is 7.99. The number of hydrogen-bond acceptors (Lipinski definition) is 5. The second-order valence-electron chi connectivity index (χ2n) is 6.57. The normalized spacial score (nSPS) is 14.1. The molecule has 1 N–H and O–H groups in total. The van der Waals surface area contributed by atoms with Crippen LogP contribution in [0.2, 0.25) is 0 Å². The van der Waals surface area contributed by atoms with Crippen LogP contribution in [0.1, 0.15) is 10.4 Å². The zero-order chi connectivity index (χ0) is 19.3. The minimum Gasteiger partial charge on any atom is -0.508 e. The van der Waals surface area contributed by atoms with Crippen LogP contribution in [0.5, 0.6) is 5.75 Å². The lowest BCUT2D eigenvalue weighted by molar-refractivity contribution is 0.0742. The van der Waals surface area contributed by atoms with Crippen LogP contribution in [0.3, 0.4) is 0 Å². The summed E-state index contributed by atoms with van der Waals surface area (Å²) in [5.74, 6) is 0.287. The molecule has 3 aromatic rings. The molecular weight excluding hydrogens is 370 g/mol. The Morgan fingerprint density at radius 1 is 0.893 bits per heavy atom. The van der Waals surface area contributed by atoms with Crippen molar-refractivity contribution in [2.45, 2.75) is 9.92 Å². The molecule has 142 valence electrons. The molecule has 1 saturated heterocycles. The number of benzene rings is 2. The Morgan fingerprint density at radius 3 is 2.32 bits per heavy atom. The first-order valence-corrected chi connectivity index (χ1v) is 10.0. The quantitative estimate of drug-likeness (QED) is 0.731. The smallest absolute Gasteiger partial charge is 0.256 e. The second-order valence-corrected chi connectivity index (χ2v) is 7.63. The van der Waals surface area contributed by atoms with Crippen molar-refractivity contribution in [1.29, 1.82) is 0 Å². The van der Waals surface area contributed by atoms with Gasteiger partial charge in [0.05, 0.1) is 5.56 Å². The Labute approximate surface area is 168 Å². The number of anilines is 1. The van der Waals surface area contributed by atoms with E-state index in [2.05, 4.69) is 9.88 Å². The minimum absolute atomic E-state index is 0.0249. The van der Waals surface area contributed by atoms with Gasteiger partial charge in [0.25, 0.3) is 5.91 Å². The number of piperazine rings is 1. The van der Waals surface area contributed by atoms with Gasteiger partial charge >= 0.3 is 0 Å². The molecule has 0 unspecified atom stereocenters. The lowest BCUT2D eigenvalue weighted by Crippen LogP contribution is -2.48. The molecule has 4 rings (SSSR count). The largest absolute Gasteiger partial charge is 0.508 e. The van der Waals surface area contributed by atoms with Crippen molar-refractivity contribution in [3.8, 4) is 5.75 Å². The molecular formula is C22H21N3O2S. The Balaban J connectivity index is 1.45. The van der Waals surface area contributed by atoms with E-state index >= 15 is 0 Å². The van der Waals surface area contributed by atoms with Crippen molar-refractivity contribution >= 4 is 23.4 Å². The van der Waals surface area contributed by atoms with Gasteiger partial charge in [0.1, 0.15) is 10.8 Å². The van der Waals surface area contributed by atoms with Gasteiger partial charge in [0.2, 0.25) is 0 Å². The van der Waals surface area contributed by atoms with Crippen LogP contribution in [0, 0.1) is 0 Å². The predicted molar refractivity (Wildman–Crippen MR) is 111 cm³/mol. The zero-order valence-electron chi connectivity index (χ0n) is 15.4. The lowest BCUT2D eigenvalue weighted by atomic mass is 10.2. The van der Waals surface area contributed by atoms with Crippen LogP contribution in [0.25, 0.3) is 0 Å². The summed E-state index contributed by atoms with van der Waals surface area (Å²) in [6, 6.07) is 20.8. The molecule has 0 saturated carbocycles. The van der Waals surface area contributed by atoms with Crippen molar-refractivity contribution in [3.05, 3.63) is 78.5 Å².